The molecule has 0 amide bonds. The lowest BCUT2D eigenvalue weighted by Gasteiger charge is -2.24. The lowest BCUT2D eigenvalue weighted by atomic mass is 10.0. The van der Waals surface area contributed by atoms with Crippen molar-refractivity contribution in [3.8, 4) is 0 Å². The lowest BCUT2D eigenvalue weighted by Crippen LogP contribution is -2.34. The monoisotopic (exact) mass is 348 g/mol. The van der Waals surface area contributed by atoms with Gasteiger partial charge in [-0.15, -0.1) is 0 Å². The van der Waals surface area contributed by atoms with E-state index in [1.165, 1.54) is 12.1 Å². The number of rotatable bonds is 2. The van der Waals surface area contributed by atoms with Gasteiger partial charge in [0.2, 0.25) is 0 Å². The van der Waals surface area contributed by atoms with Gasteiger partial charge in [0.05, 0.1) is 5.56 Å². The molecule has 6 heteroatoms. The number of fused-ring (bicyclic) bond motifs is 1. The second kappa shape index (κ2) is 5.22. The standard InChI is InChI=1S/C14H16BrF3N2/c15-9-3-4-10(14(16,17)18)12(8-9)19-11-5-7-20-6-1-2-13(11)20/h3-4,8,11,13,19H,1-2,5-7H2. The molecule has 3 rings (SSSR count). The molecule has 110 valence electrons. The highest BCUT2D eigenvalue weighted by Gasteiger charge is 2.39. The van der Waals surface area contributed by atoms with E-state index in [-0.39, 0.29) is 11.7 Å². The van der Waals surface area contributed by atoms with Crippen LogP contribution >= 0.6 is 15.9 Å². The van der Waals surface area contributed by atoms with E-state index in [0.717, 1.165) is 38.4 Å². The highest BCUT2D eigenvalue weighted by molar-refractivity contribution is 9.10. The quantitative estimate of drug-likeness (QED) is 0.864. The third-order valence-corrected chi connectivity index (χ3v) is 4.73. The SMILES string of the molecule is FC(F)(F)c1ccc(Br)cc1NC1CCN2CCCC12. The van der Waals surface area contributed by atoms with E-state index in [2.05, 4.69) is 26.1 Å². The number of nitrogens with one attached hydrogen (secondary N) is 1. The van der Waals surface area contributed by atoms with Crippen LogP contribution in [0.15, 0.2) is 22.7 Å². The molecule has 2 fully saturated rings. The zero-order valence-corrected chi connectivity index (χ0v) is 12.5. The van der Waals surface area contributed by atoms with E-state index >= 15 is 0 Å². The van der Waals surface area contributed by atoms with Gasteiger partial charge in [0.15, 0.2) is 0 Å². The first-order chi connectivity index (χ1) is 9.45. The molecule has 2 aliphatic heterocycles. The van der Waals surface area contributed by atoms with E-state index in [1.54, 1.807) is 0 Å². The molecule has 0 bridgehead atoms. The molecule has 2 unspecified atom stereocenters. The Morgan fingerprint density at radius 1 is 1.20 bits per heavy atom. The smallest absolute Gasteiger partial charge is 0.380 e. The van der Waals surface area contributed by atoms with Crippen molar-refractivity contribution < 1.29 is 13.2 Å². The van der Waals surface area contributed by atoms with Crippen LogP contribution in [0.1, 0.15) is 24.8 Å². The molecule has 0 aromatic heterocycles. The molecule has 1 N–H and O–H groups in total. The summed E-state index contributed by atoms with van der Waals surface area (Å²) in [5, 5.41) is 3.14. The number of halogens is 4. The minimum absolute atomic E-state index is 0.118. The van der Waals surface area contributed by atoms with Gasteiger partial charge in [0.25, 0.3) is 0 Å². The maximum Gasteiger partial charge on any atom is 0.418 e. The molecule has 0 radical (unpaired) electrons. The summed E-state index contributed by atoms with van der Waals surface area (Å²) in [7, 11) is 0. The largest absolute Gasteiger partial charge is 0.418 e. The molecule has 2 heterocycles. The summed E-state index contributed by atoms with van der Waals surface area (Å²) in [5.74, 6) is 0. The Morgan fingerprint density at radius 3 is 2.75 bits per heavy atom. The normalized spacial score (nSPS) is 26.8. The molecule has 2 atom stereocenters. The van der Waals surface area contributed by atoms with E-state index in [0.29, 0.717) is 10.5 Å². The summed E-state index contributed by atoms with van der Waals surface area (Å²) in [5.41, 5.74) is -0.400. The average Bonchev–Trinajstić information content (AvgIpc) is 2.92. The van der Waals surface area contributed by atoms with Crippen LogP contribution in [-0.4, -0.2) is 30.1 Å². The molecule has 0 spiro atoms. The Kier molecular flexibility index (Phi) is 3.71. The highest BCUT2D eigenvalue weighted by Crippen LogP contribution is 2.38. The van der Waals surface area contributed by atoms with Crippen molar-refractivity contribution in [2.75, 3.05) is 18.4 Å². The highest BCUT2D eigenvalue weighted by atomic mass is 79.9. The van der Waals surface area contributed by atoms with Gasteiger partial charge in [-0.3, -0.25) is 4.90 Å². The number of alkyl halides is 3. The van der Waals surface area contributed by atoms with Crippen molar-refractivity contribution in [3.63, 3.8) is 0 Å². The molecule has 0 aliphatic carbocycles. The van der Waals surface area contributed by atoms with Crippen molar-refractivity contribution in [2.24, 2.45) is 0 Å². The van der Waals surface area contributed by atoms with Crippen LogP contribution in [0.25, 0.3) is 0 Å². The lowest BCUT2D eigenvalue weighted by molar-refractivity contribution is -0.137. The zero-order valence-electron chi connectivity index (χ0n) is 10.9. The van der Waals surface area contributed by atoms with Crippen LogP contribution < -0.4 is 5.32 Å². The molecular weight excluding hydrogens is 333 g/mol. The first-order valence-corrected chi connectivity index (χ1v) is 7.62. The Hall–Kier alpha value is -0.750. The Labute approximate surface area is 124 Å². The van der Waals surface area contributed by atoms with Crippen LogP contribution in [0.2, 0.25) is 0 Å². The second-order valence-corrected chi connectivity index (χ2v) is 6.39. The van der Waals surface area contributed by atoms with E-state index in [4.69, 9.17) is 0 Å². The molecule has 1 aromatic carbocycles. The van der Waals surface area contributed by atoms with E-state index in [1.807, 2.05) is 0 Å². The first kappa shape index (κ1) is 14.2. The van der Waals surface area contributed by atoms with E-state index < -0.39 is 11.7 Å². The van der Waals surface area contributed by atoms with Crippen molar-refractivity contribution in [1.82, 2.24) is 4.90 Å². The van der Waals surface area contributed by atoms with Gasteiger partial charge in [-0.1, -0.05) is 15.9 Å². The molecule has 20 heavy (non-hydrogen) atoms. The number of hydrogen-bond donors (Lipinski definition) is 1. The average molecular weight is 349 g/mol. The molecule has 0 saturated carbocycles. The fourth-order valence-corrected chi connectivity index (χ4v) is 3.69. The summed E-state index contributed by atoms with van der Waals surface area (Å²) >= 11 is 3.25. The Morgan fingerprint density at radius 2 is 2.00 bits per heavy atom. The fourth-order valence-electron chi connectivity index (χ4n) is 3.33. The van der Waals surface area contributed by atoms with Gasteiger partial charge in [-0.25, -0.2) is 0 Å². The summed E-state index contributed by atoms with van der Waals surface area (Å²) < 4.78 is 39.8. The summed E-state index contributed by atoms with van der Waals surface area (Å²) in [6.07, 6.45) is -1.19. The van der Waals surface area contributed by atoms with Gasteiger partial charge in [0, 0.05) is 28.8 Å². The number of anilines is 1. The van der Waals surface area contributed by atoms with Crippen molar-refractivity contribution in [1.29, 1.82) is 0 Å². The topological polar surface area (TPSA) is 15.3 Å². The van der Waals surface area contributed by atoms with Crippen LogP contribution in [0.4, 0.5) is 18.9 Å². The van der Waals surface area contributed by atoms with Gasteiger partial charge < -0.3 is 5.32 Å². The third-order valence-electron chi connectivity index (χ3n) is 4.23. The first-order valence-electron chi connectivity index (χ1n) is 6.82. The van der Waals surface area contributed by atoms with Gasteiger partial charge in [-0.05, 0) is 44.0 Å². The Balaban J connectivity index is 1.85. The molecule has 1 aromatic rings. The minimum atomic E-state index is -4.32. The number of nitrogens with zero attached hydrogens (tertiary/aromatic N) is 1. The van der Waals surface area contributed by atoms with Gasteiger partial charge >= 0.3 is 6.18 Å². The summed E-state index contributed by atoms with van der Waals surface area (Å²) in [4.78, 5) is 2.38. The zero-order chi connectivity index (χ0) is 14.3. The number of hydrogen-bond acceptors (Lipinski definition) is 2. The van der Waals surface area contributed by atoms with Crippen LogP contribution in [0.5, 0.6) is 0 Å². The molecule has 2 aliphatic rings. The molecule has 2 nitrogen and oxygen atoms in total. The van der Waals surface area contributed by atoms with Crippen LogP contribution in [0, 0.1) is 0 Å². The molecule has 2 saturated heterocycles. The predicted molar refractivity (Wildman–Crippen MR) is 75.8 cm³/mol. The van der Waals surface area contributed by atoms with Gasteiger partial charge in [-0.2, -0.15) is 13.2 Å². The van der Waals surface area contributed by atoms with Crippen LogP contribution in [-0.2, 0) is 6.18 Å². The Bertz CT molecular complexity index is 504. The van der Waals surface area contributed by atoms with Crippen molar-refractivity contribution in [2.45, 2.75) is 37.5 Å². The maximum absolute atomic E-state index is 13.1. The summed E-state index contributed by atoms with van der Waals surface area (Å²) in [6.45, 7) is 2.06. The molecular formula is C14H16BrF3N2. The third kappa shape index (κ3) is 2.68. The van der Waals surface area contributed by atoms with Crippen molar-refractivity contribution >= 4 is 21.6 Å². The minimum Gasteiger partial charge on any atom is -0.380 e. The predicted octanol–water partition coefficient (Wildman–Crippen LogP) is 4.12. The maximum atomic E-state index is 13.1. The number of benzene rings is 1. The second-order valence-electron chi connectivity index (χ2n) is 5.47. The van der Waals surface area contributed by atoms with Crippen LogP contribution in [0.3, 0.4) is 0 Å². The van der Waals surface area contributed by atoms with Gasteiger partial charge in [0.1, 0.15) is 0 Å². The summed E-state index contributed by atoms with van der Waals surface area (Å²) in [6, 6.07) is 4.60. The van der Waals surface area contributed by atoms with Crippen molar-refractivity contribution in [3.05, 3.63) is 28.2 Å². The fraction of sp³-hybridized carbons (Fsp3) is 0.571. The van der Waals surface area contributed by atoms with E-state index in [9.17, 15) is 13.2 Å².